The highest BCUT2D eigenvalue weighted by molar-refractivity contribution is 4.69. The van der Waals surface area contributed by atoms with Crippen LogP contribution in [0.2, 0.25) is 0 Å². The largest absolute Gasteiger partial charge is 0.317 e. The Bertz CT molecular complexity index is 160. The van der Waals surface area contributed by atoms with Gasteiger partial charge in [-0.2, -0.15) is 0 Å². The first-order chi connectivity index (χ1) is 7.68. The lowest BCUT2D eigenvalue weighted by molar-refractivity contribution is 0.190. The molecule has 96 valence electrons. The molecule has 0 radical (unpaired) electrons. The van der Waals surface area contributed by atoms with E-state index in [0.717, 1.165) is 11.8 Å². The van der Waals surface area contributed by atoms with Gasteiger partial charge in [-0.1, -0.05) is 20.8 Å². The molecule has 1 aliphatic rings. The van der Waals surface area contributed by atoms with E-state index < -0.39 is 0 Å². The number of nitrogens with one attached hydrogen (secondary N) is 1. The lowest BCUT2D eigenvalue weighted by atomic mass is 9.99. The Kier molecular flexibility index (Phi) is 7.06. The molecule has 0 aliphatic carbocycles. The monoisotopic (exact) mass is 226 g/mol. The predicted octanol–water partition coefficient (Wildman–Crippen LogP) is 2.74. The van der Waals surface area contributed by atoms with Crippen molar-refractivity contribution in [3.8, 4) is 0 Å². The zero-order chi connectivity index (χ0) is 11.8. The van der Waals surface area contributed by atoms with Crippen LogP contribution in [0.15, 0.2) is 0 Å². The molecule has 0 saturated carbocycles. The maximum atomic E-state index is 3.54. The van der Waals surface area contributed by atoms with Crippen molar-refractivity contribution in [3.05, 3.63) is 0 Å². The highest BCUT2D eigenvalue weighted by Crippen LogP contribution is 2.15. The summed E-state index contributed by atoms with van der Waals surface area (Å²) in [5.74, 6) is 1.79. The van der Waals surface area contributed by atoms with E-state index in [9.17, 15) is 0 Å². The Morgan fingerprint density at radius 3 is 2.50 bits per heavy atom. The van der Waals surface area contributed by atoms with Crippen LogP contribution in [0.3, 0.4) is 0 Å². The molecular formula is C14H30N2. The molecule has 2 nitrogen and oxygen atoms in total. The van der Waals surface area contributed by atoms with Gasteiger partial charge in [-0.3, -0.25) is 0 Å². The van der Waals surface area contributed by atoms with Gasteiger partial charge < -0.3 is 10.2 Å². The molecule has 1 heterocycles. The summed E-state index contributed by atoms with van der Waals surface area (Å²) in [6.07, 6.45) is 5.43. The fourth-order valence-electron chi connectivity index (χ4n) is 2.23. The van der Waals surface area contributed by atoms with Crippen LogP contribution < -0.4 is 5.32 Å². The van der Waals surface area contributed by atoms with Crippen LogP contribution in [0.4, 0.5) is 0 Å². The first-order valence-corrected chi connectivity index (χ1v) is 7.11. The summed E-state index contributed by atoms with van der Waals surface area (Å²) in [4.78, 5) is 2.63. The molecule has 1 saturated heterocycles. The van der Waals surface area contributed by atoms with Crippen molar-refractivity contribution in [3.63, 3.8) is 0 Å². The number of hydrogen-bond acceptors (Lipinski definition) is 2. The molecule has 0 unspecified atom stereocenters. The average Bonchev–Trinajstić information content (AvgIpc) is 2.25. The predicted molar refractivity (Wildman–Crippen MR) is 71.8 cm³/mol. The lowest BCUT2D eigenvalue weighted by Crippen LogP contribution is -2.34. The molecule has 0 aromatic carbocycles. The van der Waals surface area contributed by atoms with Crippen molar-refractivity contribution in [2.45, 2.75) is 46.5 Å². The molecule has 1 aliphatic heterocycles. The van der Waals surface area contributed by atoms with Crippen LogP contribution in [-0.2, 0) is 0 Å². The van der Waals surface area contributed by atoms with E-state index >= 15 is 0 Å². The third-order valence-corrected chi connectivity index (χ3v) is 3.60. The summed E-state index contributed by atoms with van der Waals surface area (Å²) >= 11 is 0. The third-order valence-electron chi connectivity index (χ3n) is 3.60. The fraction of sp³-hybridized carbons (Fsp3) is 1.00. The maximum Gasteiger partial charge on any atom is -0.000664 e. The zero-order valence-corrected chi connectivity index (χ0v) is 11.5. The highest BCUT2D eigenvalue weighted by Gasteiger charge is 2.14. The fourth-order valence-corrected chi connectivity index (χ4v) is 2.23. The molecule has 0 aromatic heterocycles. The van der Waals surface area contributed by atoms with Crippen LogP contribution >= 0.6 is 0 Å². The summed E-state index contributed by atoms with van der Waals surface area (Å²) in [7, 11) is 0. The van der Waals surface area contributed by atoms with E-state index in [-0.39, 0.29) is 0 Å². The molecule has 16 heavy (non-hydrogen) atoms. The average molecular weight is 226 g/mol. The van der Waals surface area contributed by atoms with Crippen molar-refractivity contribution in [1.82, 2.24) is 10.2 Å². The Morgan fingerprint density at radius 2 is 1.88 bits per heavy atom. The summed E-state index contributed by atoms with van der Waals surface area (Å²) in [5.41, 5.74) is 0. The third kappa shape index (κ3) is 6.49. The van der Waals surface area contributed by atoms with Gasteiger partial charge in [0.1, 0.15) is 0 Å². The second kappa shape index (κ2) is 8.08. The number of likely N-dealkylation sites (tertiary alicyclic amines) is 1. The summed E-state index contributed by atoms with van der Waals surface area (Å²) in [6, 6.07) is 0. The minimum Gasteiger partial charge on any atom is -0.317 e. The van der Waals surface area contributed by atoms with E-state index in [1.165, 1.54) is 58.4 Å². The first kappa shape index (κ1) is 14.0. The minimum atomic E-state index is 0.830. The highest BCUT2D eigenvalue weighted by atomic mass is 15.1. The lowest BCUT2D eigenvalue weighted by Gasteiger charge is -2.30. The second-order valence-corrected chi connectivity index (χ2v) is 5.81. The smallest absolute Gasteiger partial charge is 0.000664 e. The van der Waals surface area contributed by atoms with Gasteiger partial charge in [-0.05, 0) is 70.2 Å². The minimum absolute atomic E-state index is 0.830. The molecule has 1 N–H and O–H groups in total. The Balaban J connectivity index is 1.87. The van der Waals surface area contributed by atoms with Crippen LogP contribution in [0.25, 0.3) is 0 Å². The first-order valence-electron chi connectivity index (χ1n) is 7.11. The summed E-state index contributed by atoms with van der Waals surface area (Å²) < 4.78 is 0. The van der Waals surface area contributed by atoms with Crippen LogP contribution in [-0.4, -0.2) is 37.6 Å². The maximum absolute atomic E-state index is 3.54. The van der Waals surface area contributed by atoms with Crippen LogP contribution in [0.1, 0.15) is 46.5 Å². The Hall–Kier alpha value is -0.0800. The van der Waals surface area contributed by atoms with Crippen molar-refractivity contribution in [2.24, 2.45) is 11.8 Å². The molecule has 0 bridgehead atoms. The van der Waals surface area contributed by atoms with Crippen LogP contribution in [0, 0.1) is 11.8 Å². The van der Waals surface area contributed by atoms with Crippen molar-refractivity contribution >= 4 is 0 Å². The molecule has 0 spiro atoms. The van der Waals surface area contributed by atoms with E-state index in [2.05, 4.69) is 31.0 Å². The number of nitrogens with zero attached hydrogens (tertiary/aromatic N) is 1. The molecule has 0 amide bonds. The second-order valence-electron chi connectivity index (χ2n) is 5.81. The van der Waals surface area contributed by atoms with Gasteiger partial charge in [-0.15, -0.1) is 0 Å². The summed E-state index contributed by atoms with van der Waals surface area (Å²) in [5, 5.41) is 3.54. The number of rotatable bonds is 7. The molecule has 1 rings (SSSR count). The number of piperidine rings is 1. The molecular weight excluding hydrogens is 196 g/mol. The van der Waals surface area contributed by atoms with Crippen molar-refractivity contribution < 1.29 is 0 Å². The molecule has 2 heteroatoms. The van der Waals surface area contributed by atoms with E-state index in [0.29, 0.717) is 0 Å². The Labute approximate surface area is 102 Å². The van der Waals surface area contributed by atoms with Crippen molar-refractivity contribution in [1.29, 1.82) is 0 Å². The zero-order valence-electron chi connectivity index (χ0n) is 11.5. The van der Waals surface area contributed by atoms with E-state index in [1.807, 2.05) is 0 Å². The molecule has 0 aromatic rings. The van der Waals surface area contributed by atoms with Gasteiger partial charge >= 0.3 is 0 Å². The van der Waals surface area contributed by atoms with Gasteiger partial charge in [-0.25, -0.2) is 0 Å². The quantitative estimate of drug-likeness (QED) is 0.672. The normalized spacial score (nSPS) is 19.5. The van der Waals surface area contributed by atoms with Gasteiger partial charge in [0.2, 0.25) is 0 Å². The summed E-state index contributed by atoms with van der Waals surface area (Å²) in [6.45, 7) is 13.3. The van der Waals surface area contributed by atoms with Gasteiger partial charge in [0, 0.05) is 0 Å². The van der Waals surface area contributed by atoms with Gasteiger partial charge in [0.05, 0.1) is 0 Å². The van der Waals surface area contributed by atoms with Crippen LogP contribution in [0.5, 0.6) is 0 Å². The molecule has 0 atom stereocenters. The topological polar surface area (TPSA) is 15.3 Å². The van der Waals surface area contributed by atoms with E-state index in [4.69, 9.17) is 0 Å². The standard InChI is InChI=1S/C14H30N2/c1-13(2)5-9-15-8-4-10-16-11-6-14(3)7-12-16/h13-15H,4-12H2,1-3H3. The van der Waals surface area contributed by atoms with Crippen molar-refractivity contribution in [2.75, 3.05) is 32.7 Å². The SMILES string of the molecule is CC(C)CCNCCCN1CCC(C)CC1. The van der Waals surface area contributed by atoms with Gasteiger partial charge in [0.15, 0.2) is 0 Å². The Morgan fingerprint density at radius 1 is 1.19 bits per heavy atom. The number of hydrogen-bond donors (Lipinski definition) is 1. The van der Waals surface area contributed by atoms with E-state index in [1.54, 1.807) is 0 Å². The van der Waals surface area contributed by atoms with Gasteiger partial charge in [0.25, 0.3) is 0 Å². The molecule has 1 fully saturated rings.